The molecule has 66 heavy (non-hydrogen) atoms. The van der Waals surface area contributed by atoms with Gasteiger partial charge in [0.1, 0.15) is 23.8 Å². The summed E-state index contributed by atoms with van der Waals surface area (Å²) in [6.45, 7) is 1.16. The molecule has 0 aromatic heterocycles. The highest BCUT2D eigenvalue weighted by molar-refractivity contribution is 5.79. The van der Waals surface area contributed by atoms with E-state index in [4.69, 9.17) is 20.0 Å². The number of hydrogen-bond donors (Lipinski definition) is 0. The Morgan fingerprint density at radius 1 is 0.470 bits per heavy atom. The molecule has 2 unspecified atom stereocenters. The summed E-state index contributed by atoms with van der Waals surface area (Å²) in [7, 11) is 0. The minimum Gasteiger partial charge on any atom is -0.366 e. The lowest BCUT2D eigenvalue weighted by molar-refractivity contribution is -0.134. The molecule has 2 aliphatic heterocycles. The lowest BCUT2D eigenvalue weighted by Gasteiger charge is -2.35. The summed E-state index contributed by atoms with van der Waals surface area (Å²) in [4.78, 5) is 28.7. The fourth-order valence-corrected chi connectivity index (χ4v) is 8.12. The van der Waals surface area contributed by atoms with E-state index in [0.29, 0.717) is 72.2 Å². The summed E-state index contributed by atoms with van der Waals surface area (Å²) in [6, 6.07) is 34.9. The first-order valence-electron chi connectivity index (χ1n) is 21.1. The molecule has 336 valence electrons. The second-order valence-corrected chi connectivity index (χ2v) is 15.8. The van der Waals surface area contributed by atoms with Crippen molar-refractivity contribution in [2.24, 2.45) is 0 Å². The number of halogens is 6. The molecule has 14 heteroatoms. The number of nitriles is 2. The van der Waals surface area contributed by atoms with Gasteiger partial charge in [0.15, 0.2) is 23.3 Å². The Morgan fingerprint density at radius 2 is 0.818 bits per heavy atom. The summed E-state index contributed by atoms with van der Waals surface area (Å²) in [5.41, 5.74) is 4.51. The van der Waals surface area contributed by atoms with Crippen LogP contribution in [-0.2, 0) is 32.3 Å². The molecule has 2 heterocycles. The third-order valence-electron chi connectivity index (χ3n) is 11.5. The fraction of sp³-hybridized carbons (Fsp3) is 0.231. The number of rotatable bonds is 14. The first-order valence-corrected chi connectivity index (χ1v) is 21.1. The van der Waals surface area contributed by atoms with Gasteiger partial charge in [-0.25, -0.2) is 26.3 Å². The van der Waals surface area contributed by atoms with Crippen molar-refractivity contribution in [1.82, 2.24) is 9.80 Å². The molecule has 0 N–H and O–H groups in total. The van der Waals surface area contributed by atoms with Crippen LogP contribution in [0, 0.1) is 57.6 Å². The van der Waals surface area contributed by atoms with Crippen LogP contribution in [0.15, 0.2) is 133 Å². The molecule has 8 rings (SSSR count). The lowest BCUT2D eigenvalue weighted by atomic mass is 9.94. The second kappa shape index (κ2) is 21.6. The van der Waals surface area contributed by atoms with E-state index >= 15 is 0 Å². The summed E-state index contributed by atoms with van der Waals surface area (Å²) in [6.07, 6.45) is 0.384. The van der Waals surface area contributed by atoms with Crippen LogP contribution in [-0.4, -0.2) is 34.7 Å². The molecule has 6 aromatic carbocycles. The van der Waals surface area contributed by atoms with Gasteiger partial charge in [-0.1, -0.05) is 60.7 Å². The van der Waals surface area contributed by atoms with Gasteiger partial charge >= 0.3 is 0 Å². The van der Waals surface area contributed by atoms with Gasteiger partial charge in [-0.2, -0.15) is 10.5 Å². The van der Waals surface area contributed by atoms with E-state index in [1.807, 2.05) is 12.1 Å². The predicted octanol–water partition coefficient (Wildman–Crippen LogP) is 11.2. The van der Waals surface area contributed by atoms with Crippen LogP contribution in [0.5, 0.6) is 0 Å². The molecule has 2 fully saturated rings. The van der Waals surface area contributed by atoms with Crippen LogP contribution in [0.4, 0.5) is 26.3 Å². The molecule has 0 aliphatic carbocycles. The van der Waals surface area contributed by atoms with Crippen molar-refractivity contribution < 1.29 is 45.4 Å². The zero-order chi connectivity index (χ0) is 46.7. The maximum atomic E-state index is 14.2. The van der Waals surface area contributed by atoms with Gasteiger partial charge in [0, 0.05) is 25.9 Å². The van der Waals surface area contributed by atoms with E-state index in [1.165, 1.54) is 36.4 Å². The minimum atomic E-state index is -1.02. The number of hydrogen-bond acceptors (Lipinski definition) is 6. The van der Waals surface area contributed by atoms with Crippen LogP contribution in [0.1, 0.15) is 94.5 Å². The highest BCUT2D eigenvalue weighted by atomic mass is 19.2. The number of carbonyl (C=O) groups is 2. The third-order valence-corrected chi connectivity index (χ3v) is 11.5. The van der Waals surface area contributed by atoms with Gasteiger partial charge in [0.05, 0.1) is 48.6 Å². The average Bonchev–Trinajstić information content (AvgIpc) is 3.96. The van der Waals surface area contributed by atoms with Crippen molar-refractivity contribution in [2.45, 2.75) is 63.2 Å². The molecular formula is C52H42F6N4O4. The van der Waals surface area contributed by atoms with Crippen molar-refractivity contribution >= 4 is 11.8 Å². The van der Waals surface area contributed by atoms with Crippen molar-refractivity contribution in [2.75, 3.05) is 13.1 Å². The maximum Gasteiger partial charge on any atom is 0.223 e. The van der Waals surface area contributed by atoms with Gasteiger partial charge in [-0.15, -0.1) is 0 Å². The topological polar surface area (TPSA) is 107 Å². The second-order valence-electron chi connectivity index (χ2n) is 15.8. The van der Waals surface area contributed by atoms with Gasteiger partial charge in [0.2, 0.25) is 11.8 Å². The summed E-state index contributed by atoms with van der Waals surface area (Å²) in [5, 5.41) is 18.0. The Morgan fingerprint density at radius 3 is 1.12 bits per heavy atom. The molecule has 0 radical (unpaired) electrons. The van der Waals surface area contributed by atoms with E-state index in [1.54, 1.807) is 82.6 Å². The number of ether oxygens (including phenoxy) is 2. The average molecular weight is 901 g/mol. The van der Waals surface area contributed by atoms with Gasteiger partial charge in [-0.3, -0.25) is 9.59 Å². The molecule has 4 atom stereocenters. The van der Waals surface area contributed by atoms with Crippen LogP contribution in [0.3, 0.4) is 0 Å². The Kier molecular flexibility index (Phi) is 15.3. The summed E-state index contributed by atoms with van der Waals surface area (Å²) < 4.78 is 95.4. The SMILES string of the molecule is N#Cc1ccc(COC(c2ccc(F)c(F)c2)[C@H](c2ccc(F)cc2)N2CCCC2=O)cc1.N#Cc1ccc(CO[C@@H](c2ccc(F)c(F)c2)C(c2ccc(F)cc2)N2CCCC2=O)cc1. The molecule has 8 nitrogen and oxygen atoms in total. The Labute approximate surface area is 377 Å². The van der Waals surface area contributed by atoms with Crippen molar-refractivity contribution in [1.29, 1.82) is 10.5 Å². The number of nitrogens with zero attached hydrogens (tertiary/aromatic N) is 4. The quantitative estimate of drug-likeness (QED) is 0.101. The standard InChI is InChI=1S/2C26H21F3N2O2/c2*27-21-10-7-19(8-11-21)25(31-13-1-2-24(31)32)26(20-9-12-22(28)23(29)14-20)33-16-18-5-3-17(15-30)4-6-18/h2*3-12,14,25-26H,1-2,13,16H2/t25?,26-;25-,26?/m00/s1. The van der Waals surface area contributed by atoms with Crippen LogP contribution >= 0.6 is 0 Å². The van der Waals surface area contributed by atoms with Gasteiger partial charge < -0.3 is 19.3 Å². The fourth-order valence-electron chi connectivity index (χ4n) is 8.12. The number of carbonyl (C=O) groups excluding carboxylic acids is 2. The molecule has 6 aromatic rings. The van der Waals surface area contributed by atoms with Crippen molar-refractivity contribution in [3.05, 3.63) is 213 Å². The summed E-state index contributed by atoms with van der Waals surface area (Å²) >= 11 is 0. The van der Waals surface area contributed by atoms with Crippen molar-refractivity contribution in [3.8, 4) is 12.1 Å². The van der Waals surface area contributed by atoms with Crippen LogP contribution < -0.4 is 0 Å². The van der Waals surface area contributed by atoms with Crippen molar-refractivity contribution in [3.63, 3.8) is 0 Å². The van der Waals surface area contributed by atoms with Crippen LogP contribution in [0.2, 0.25) is 0 Å². The largest absolute Gasteiger partial charge is 0.366 e. The molecular weight excluding hydrogens is 859 g/mol. The van der Waals surface area contributed by atoms with Gasteiger partial charge in [-0.05, 0) is 119 Å². The Balaban J connectivity index is 0.000000196. The number of likely N-dealkylation sites (tertiary alicyclic amines) is 2. The van der Waals surface area contributed by atoms with E-state index in [9.17, 15) is 35.9 Å². The first-order chi connectivity index (χ1) is 31.9. The molecule has 2 saturated heterocycles. The normalized spacial score (nSPS) is 15.3. The van der Waals surface area contributed by atoms with E-state index in [0.717, 1.165) is 35.4 Å². The van der Waals surface area contributed by atoms with E-state index in [-0.39, 0.29) is 25.0 Å². The highest BCUT2D eigenvalue weighted by Gasteiger charge is 2.38. The van der Waals surface area contributed by atoms with Gasteiger partial charge in [0.25, 0.3) is 0 Å². The number of amides is 2. The van der Waals surface area contributed by atoms with E-state index < -0.39 is 59.2 Å². The maximum absolute atomic E-state index is 14.2. The lowest BCUT2D eigenvalue weighted by Crippen LogP contribution is -2.35. The molecule has 2 amide bonds. The predicted molar refractivity (Wildman–Crippen MR) is 230 cm³/mol. The Hall–Kier alpha value is -7.26. The molecule has 0 bridgehead atoms. The van der Waals surface area contributed by atoms with E-state index in [2.05, 4.69) is 0 Å². The zero-order valence-corrected chi connectivity index (χ0v) is 35.4. The molecule has 2 aliphatic rings. The monoisotopic (exact) mass is 900 g/mol. The third kappa shape index (κ3) is 11.3. The summed E-state index contributed by atoms with van der Waals surface area (Å²) in [5.74, 6) is -5.03. The Bertz CT molecular complexity index is 2540. The first kappa shape index (κ1) is 46.7. The highest BCUT2D eigenvalue weighted by Crippen LogP contribution is 2.42. The molecule has 0 saturated carbocycles. The molecule has 0 spiro atoms. The smallest absolute Gasteiger partial charge is 0.223 e. The minimum absolute atomic E-state index is 0.0844. The zero-order valence-electron chi connectivity index (χ0n) is 35.4. The van der Waals surface area contributed by atoms with Crippen LogP contribution in [0.25, 0.3) is 0 Å². The number of benzene rings is 6.